The van der Waals surface area contributed by atoms with Crippen molar-refractivity contribution in [3.05, 3.63) is 65.6 Å². The third-order valence-corrected chi connectivity index (χ3v) is 5.63. The van der Waals surface area contributed by atoms with Gasteiger partial charge in [0.15, 0.2) is 0 Å². The molecule has 4 aromatic rings. The molecule has 1 aromatic carbocycles. The van der Waals surface area contributed by atoms with Crippen molar-refractivity contribution in [3.8, 4) is 11.3 Å². The third kappa shape index (κ3) is 3.13. The van der Waals surface area contributed by atoms with Gasteiger partial charge in [0, 0.05) is 35.2 Å². The van der Waals surface area contributed by atoms with Crippen molar-refractivity contribution >= 4 is 34.3 Å². The maximum Gasteiger partial charge on any atom is 0.259 e. The van der Waals surface area contributed by atoms with Crippen LogP contribution in [0.15, 0.2) is 53.3 Å². The summed E-state index contributed by atoms with van der Waals surface area (Å²) in [5.74, 6) is -0.0234. The zero-order chi connectivity index (χ0) is 20.9. The summed E-state index contributed by atoms with van der Waals surface area (Å²) in [4.78, 5) is 33.7. The number of carbonyl (C=O) groups excluding carboxylic acids is 2. The fourth-order valence-electron chi connectivity index (χ4n) is 3.96. The average molecular weight is 411 g/mol. The van der Waals surface area contributed by atoms with Crippen LogP contribution in [0.25, 0.3) is 22.4 Å². The van der Waals surface area contributed by atoms with Crippen LogP contribution in [-0.2, 0) is 11.2 Å². The first-order chi connectivity index (χ1) is 15.2. The summed E-state index contributed by atoms with van der Waals surface area (Å²) in [6, 6.07) is 10.9. The van der Waals surface area contributed by atoms with E-state index in [0.29, 0.717) is 40.4 Å². The topological polar surface area (TPSA) is 110 Å². The molecule has 2 amide bonds. The molecule has 8 nitrogen and oxygen atoms in total. The Morgan fingerprint density at radius 1 is 1.19 bits per heavy atom. The standard InChI is InChI=1S/C23H17N5O3/c29-19-9-14-8-15(5-6-17(14)26-19)25-22(30)16-10-18(13-2-1-7-24-11-13)27-23-20(16)21(28-31-23)12-3-4-12/h1-2,5-8,10-12H,3-4,9H2,(H,25,30)(H,26,29). The lowest BCUT2D eigenvalue weighted by molar-refractivity contribution is -0.115. The average Bonchev–Trinajstić information content (AvgIpc) is 3.42. The van der Waals surface area contributed by atoms with Crippen LogP contribution in [0.3, 0.4) is 0 Å². The Kier molecular flexibility index (Phi) is 3.86. The number of nitrogens with zero attached hydrogens (tertiary/aromatic N) is 3. The number of aromatic nitrogens is 3. The Morgan fingerprint density at radius 3 is 2.90 bits per heavy atom. The molecule has 1 aliphatic carbocycles. The van der Waals surface area contributed by atoms with Gasteiger partial charge in [0.1, 0.15) is 0 Å². The molecule has 1 saturated carbocycles. The van der Waals surface area contributed by atoms with Crippen LogP contribution in [0.5, 0.6) is 0 Å². The van der Waals surface area contributed by atoms with E-state index in [0.717, 1.165) is 35.3 Å². The second kappa shape index (κ2) is 6.73. The smallest absolute Gasteiger partial charge is 0.259 e. The quantitative estimate of drug-likeness (QED) is 0.527. The highest BCUT2D eigenvalue weighted by atomic mass is 16.5. The predicted molar refractivity (Wildman–Crippen MR) is 114 cm³/mol. The predicted octanol–water partition coefficient (Wildman–Crippen LogP) is 3.91. The molecule has 0 radical (unpaired) electrons. The van der Waals surface area contributed by atoms with Gasteiger partial charge in [-0.25, -0.2) is 4.98 Å². The molecule has 0 bridgehead atoms. The summed E-state index contributed by atoms with van der Waals surface area (Å²) in [5.41, 5.74) is 5.23. The van der Waals surface area contributed by atoms with Gasteiger partial charge in [0.25, 0.3) is 11.6 Å². The second-order valence-corrected chi connectivity index (χ2v) is 7.87. The van der Waals surface area contributed by atoms with E-state index in [2.05, 4.69) is 25.8 Å². The van der Waals surface area contributed by atoms with Gasteiger partial charge in [0.05, 0.1) is 28.8 Å². The summed E-state index contributed by atoms with van der Waals surface area (Å²) >= 11 is 0. The number of pyridine rings is 2. The van der Waals surface area contributed by atoms with E-state index >= 15 is 0 Å². The molecule has 0 unspecified atom stereocenters. The minimum atomic E-state index is -0.278. The fraction of sp³-hybridized carbons (Fsp3) is 0.174. The molecule has 152 valence electrons. The molecular formula is C23H17N5O3. The lowest BCUT2D eigenvalue weighted by atomic mass is 10.0. The van der Waals surface area contributed by atoms with E-state index in [-0.39, 0.29) is 11.8 Å². The first-order valence-corrected chi connectivity index (χ1v) is 10.1. The SMILES string of the molecule is O=C1Cc2cc(NC(=O)c3cc(-c4cccnc4)nc4onc(C5CC5)c34)ccc2N1. The van der Waals surface area contributed by atoms with E-state index in [4.69, 9.17) is 4.52 Å². The molecule has 2 aliphatic rings. The van der Waals surface area contributed by atoms with Crippen LogP contribution in [0.1, 0.15) is 40.4 Å². The zero-order valence-corrected chi connectivity index (χ0v) is 16.4. The number of rotatable bonds is 4. The number of benzene rings is 1. The van der Waals surface area contributed by atoms with Gasteiger partial charge in [-0.1, -0.05) is 5.16 Å². The third-order valence-electron chi connectivity index (χ3n) is 5.63. The van der Waals surface area contributed by atoms with Crippen LogP contribution in [0.2, 0.25) is 0 Å². The molecule has 0 atom stereocenters. The minimum absolute atomic E-state index is 0.0472. The molecular weight excluding hydrogens is 394 g/mol. The van der Waals surface area contributed by atoms with Gasteiger partial charge >= 0.3 is 0 Å². The monoisotopic (exact) mass is 411 g/mol. The summed E-state index contributed by atoms with van der Waals surface area (Å²) in [7, 11) is 0. The zero-order valence-electron chi connectivity index (χ0n) is 16.4. The largest absolute Gasteiger partial charge is 0.335 e. The molecule has 31 heavy (non-hydrogen) atoms. The molecule has 6 rings (SSSR count). The van der Waals surface area contributed by atoms with Crippen LogP contribution < -0.4 is 10.6 Å². The number of amides is 2. The minimum Gasteiger partial charge on any atom is -0.335 e. The molecule has 8 heteroatoms. The number of carbonyl (C=O) groups is 2. The van der Waals surface area contributed by atoms with Crippen molar-refractivity contribution in [2.24, 2.45) is 0 Å². The van der Waals surface area contributed by atoms with E-state index in [1.54, 1.807) is 30.6 Å². The number of anilines is 2. The summed E-state index contributed by atoms with van der Waals surface area (Å²) < 4.78 is 5.52. The van der Waals surface area contributed by atoms with Crippen molar-refractivity contribution in [1.29, 1.82) is 0 Å². The van der Waals surface area contributed by atoms with Crippen LogP contribution in [0.4, 0.5) is 11.4 Å². The first-order valence-electron chi connectivity index (χ1n) is 10.1. The molecule has 0 saturated heterocycles. The highest BCUT2D eigenvalue weighted by molar-refractivity contribution is 6.13. The van der Waals surface area contributed by atoms with Crippen molar-refractivity contribution in [2.45, 2.75) is 25.2 Å². The van der Waals surface area contributed by atoms with Crippen molar-refractivity contribution in [2.75, 3.05) is 10.6 Å². The fourth-order valence-corrected chi connectivity index (χ4v) is 3.96. The van der Waals surface area contributed by atoms with Crippen LogP contribution in [0, 0.1) is 0 Å². The molecule has 2 N–H and O–H groups in total. The molecule has 1 aliphatic heterocycles. The maximum absolute atomic E-state index is 13.4. The van der Waals surface area contributed by atoms with Gasteiger partial charge in [0.2, 0.25) is 5.91 Å². The molecule has 0 spiro atoms. The number of hydrogen-bond donors (Lipinski definition) is 2. The van der Waals surface area contributed by atoms with Gasteiger partial charge in [-0.15, -0.1) is 0 Å². The van der Waals surface area contributed by atoms with Gasteiger partial charge in [-0.3, -0.25) is 14.6 Å². The van der Waals surface area contributed by atoms with Crippen LogP contribution >= 0.6 is 0 Å². The van der Waals surface area contributed by atoms with E-state index in [1.807, 2.05) is 18.2 Å². The Labute approximate surface area is 176 Å². The molecule has 4 heterocycles. The van der Waals surface area contributed by atoms with Crippen molar-refractivity contribution in [1.82, 2.24) is 15.1 Å². The Morgan fingerprint density at radius 2 is 2.10 bits per heavy atom. The number of nitrogens with one attached hydrogen (secondary N) is 2. The van der Waals surface area contributed by atoms with Crippen LogP contribution in [-0.4, -0.2) is 26.9 Å². The lowest BCUT2D eigenvalue weighted by Gasteiger charge is -2.10. The number of fused-ring (bicyclic) bond motifs is 2. The maximum atomic E-state index is 13.4. The van der Waals surface area contributed by atoms with E-state index in [1.165, 1.54) is 0 Å². The lowest BCUT2D eigenvalue weighted by Crippen LogP contribution is -2.13. The summed E-state index contributed by atoms with van der Waals surface area (Å²) in [5, 5.41) is 10.6. The van der Waals surface area contributed by atoms with Gasteiger partial charge in [-0.2, -0.15) is 0 Å². The Balaban J connectivity index is 1.43. The Bertz CT molecular complexity index is 1360. The van der Waals surface area contributed by atoms with E-state index in [9.17, 15) is 9.59 Å². The van der Waals surface area contributed by atoms with Gasteiger partial charge in [-0.05, 0) is 54.8 Å². The van der Waals surface area contributed by atoms with Crippen molar-refractivity contribution < 1.29 is 14.1 Å². The normalized spacial score (nSPS) is 15.0. The molecule has 1 fully saturated rings. The van der Waals surface area contributed by atoms with E-state index < -0.39 is 0 Å². The first kappa shape index (κ1) is 17.8. The Hall–Kier alpha value is -4.07. The summed E-state index contributed by atoms with van der Waals surface area (Å²) in [6.45, 7) is 0. The van der Waals surface area contributed by atoms with Gasteiger partial charge < -0.3 is 15.2 Å². The number of hydrogen-bond acceptors (Lipinski definition) is 6. The van der Waals surface area contributed by atoms with Crippen molar-refractivity contribution in [3.63, 3.8) is 0 Å². The molecule has 3 aromatic heterocycles. The summed E-state index contributed by atoms with van der Waals surface area (Å²) in [6.07, 6.45) is 5.74. The second-order valence-electron chi connectivity index (χ2n) is 7.87. The highest BCUT2D eigenvalue weighted by Crippen LogP contribution is 2.43. The highest BCUT2D eigenvalue weighted by Gasteiger charge is 2.32.